The van der Waals surface area contributed by atoms with E-state index >= 15 is 0 Å². The molecule has 5 heteroatoms. The zero-order valence-electron chi connectivity index (χ0n) is 12.2. The molecule has 1 atom stereocenters. The topological polar surface area (TPSA) is 38.1 Å². The molecule has 1 aliphatic rings. The van der Waals surface area contributed by atoms with Crippen molar-refractivity contribution in [2.75, 3.05) is 0 Å². The summed E-state index contributed by atoms with van der Waals surface area (Å²) in [4.78, 5) is 18.8. The van der Waals surface area contributed by atoms with Gasteiger partial charge in [-0.2, -0.15) is 0 Å². The van der Waals surface area contributed by atoms with E-state index in [0.717, 1.165) is 11.3 Å². The Labute approximate surface area is 129 Å². The zero-order valence-corrected chi connectivity index (χ0v) is 12.9. The summed E-state index contributed by atoms with van der Waals surface area (Å²) < 4.78 is 2.00. The van der Waals surface area contributed by atoms with Crippen molar-refractivity contribution in [2.45, 2.75) is 33.0 Å². The van der Waals surface area contributed by atoms with Crippen LogP contribution in [-0.4, -0.2) is 20.4 Å². The van der Waals surface area contributed by atoms with E-state index in [4.69, 9.17) is 11.6 Å². The Balaban J connectivity index is 1.91. The standard InChI is InChI=1S/C16H18ClN3O/c1-11(2)15-16(21)19(9-13-7-18-10-20(13)15)8-12-5-3-4-6-14(12)17/h3-7,10-11,15H,8-9H2,1-2H3. The first-order chi connectivity index (χ1) is 10.1. The largest absolute Gasteiger partial charge is 0.331 e. The van der Waals surface area contributed by atoms with Crippen molar-refractivity contribution in [3.05, 3.63) is 53.1 Å². The second-order valence-corrected chi connectivity index (χ2v) is 6.17. The lowest BCUT2D eigenvalue weighted by Crippen LogP contribution is -2.43. The van der Waals surface area contributed by atoms with Gasteiger partial charge < -0.3 is 9.47 Å². The molecule has 0 bridgehead atoms. The SMILES string of the molecule is CC(C)C1C(=O)N(Cc2ccccc2Cl)Cc2cncn21. The highest BCUT2D eigenvalue weighted by Crippen LogP contribution is 2.30. The fourth-order valence-corrected chi connectivity index (χ4v) is 3.05. The summed E-state index contributed by atoms with van der Waals surface area (Å²) in [7, 11) is 0. The molecule has 0 saturated carbocycles. The number of rotatable bonds is 3. The minimum Gasteiger partial charge on any atom is -0.331 e. The molecule has 1 aromatic heterocycles. The van der Waals surface area contributed by atoms with Crippen LogP contribution < -0.4 is 0 Å². The molecule has 1 aliphatic heterocycles. The van der Waals surface area contributed by atoms with Crippen molar-refractivity contribution in [2.24, 2.45) is 5.92 Å². The summed E-state index contributed by atoms with van der Waals surface area (Å²) in [5.74, 6) is 0.356. The number of benzene rings is 1. The van der Waals surface area contributed by atoms with Crippen LogP contribution in [-0.2, 0) is 17.9 Å². The molecule has 0 fully saturated rings. The molecule has 1 amide bonds. The van der Waals surface area contributed by atoms with Gasteiger partial charge >= 0.3 is 0 Å². The number of carbonyl (C=O) groups is 1. The summed E-state index contributed by atoms with van der Waals surface area (Å²) in [5.41, 5.74) is 2.04. The van der Waals surface area contributed by atoms with Crippen LogP contribution in [0.25, 0.3) is 0 Å². The van der Waals surface area contributed by atoms with Crippen LogP contribution in [0.5, 0.6) is 0 Å². The molecule has 21 heavy (non-hydrogen) atoms. The first kappa shape index (κ1) is 14.1. The molecule has 0 saturated heterocycles. The molecule has 0 aliphatic carbocycles. The summed E-state index contributed by atoms with van der Waals surface area (Å²) in [6.45, 7) is 5.23. The summed E-state index contributed by atoms with van der Waals surface area (Å²) >= 11 is 6.21. The van der Waals surface area contributed by atoms with Crippen LogP contribution in [0.4, 0.5) is 0 Å². The minimum atomic E-state index is -0.182. The number of carbonyl (C=O) groups excluding carboxylic acids is 1. The van der Waals surface area contributed by atoms with E-state index in [9.17, 15) is 4.79 Å². The number of nitrogens with zero attached hydrogens (tertiary/aromatic N) is 3. The van der Waals surface area contributed by atoms with E-state index in [1.807, 2.05) is 39.9 Å². The average Bonchev–Trinajstić information content (AvgIpc) is 2.89. The Hall–Kier alpha value is -1.81. The Bertz CT molecular complexity index is 665. The normalized spacial score (nSPS) is 18.2. The third kappa shape index (κ3) is 2.56. The van der Waals surface area contributed by atoms with Crippen molar-refractivity contribution in [3.63, 3.8) is 0 Å². The average molecular weight is 304 g/mol. The molecule has 1 aromatic carbocycles. The fraction of sp³-hybridized carbons (Fsp3) is 0.375. The molecule has 110 valence electrons. The van der Waals surface area contributed by atoms with Gasteiger partial charge in [-0.1, -0.05) is 43.6 Å². The van der Waals surface area contributed by atoms with E-state index < -0.39 is 0 Å². The van der Waals surface area contributed by atoms with Crippen molar-refractivity contribution in [3.8, 4) is 0 Å². The molecular formula is C16H18ClN3O. The van der Waals surface area contributed by atoms with Crippen molar-refractivity contribution in [1.82, 2.24) is 14.5 Å². The summed E-state index contributed by atoms with van der Waals surface area (Å²) in [6.07, 6.45) is 3.59. The third-order valence-corrected chi connectivity index (χ3v) is 4.28. The van der Waals surface area contributed by atoms with Crippen LogP contribution in [0.3, 0.4) is 0 Å². The van der Waals surface area contributed by atoms with Crippen LogP contribution in [0, 0.1) is 5.92 Å². The molecule has 0 radical (unpaired) electrons. The highest BCUT2D eigenvalue weighted by Gasteiger charge is 2.34. The summed E-state index contributed by atoms with van der Waals surface area (Å²) in [5, 5.41) is 0.700. The predicted molar refractivity (Wildman–Crippen MR) is 81.8 cm³/mol. The van der Waals surface area contributed by atoms with E-state index in [1.165, 1.54) is 0 Å². The Morgan fingerprint density at radius 1 is 1.38 bits per heavy atom. The van der Waals surface area contributed by atoms with E-state index in [-0.39, 0.29) is 17.9 Å². The molecule has 0 spiro atoms. The molecule has 2 aromatic rings. The number of aromatic nitrogens is 2. The molecule has 3 rings (SSSR count). The second-order valence-electron chi connectivity index (χ2n) is 5.77. The van der Waals surface area contributed by atoms with Gasteiger partial charge in [0.15, 0.2) is 0 Å². The molecule has 4 nitrogen and oxygen atoms in total. The lowest BCUT2D eigenvalue weighted by atomic mass is 9.99. The molecule has 2 heterocycles. The molecule has 0 N–H and O–H groups in total. The quantitative estimate of drug-likeness (QED) is 0.873. The molecular weight excluding hydrogens is 286 g/mol. The molecule has 1 unspecified atom stereocenters. The minimum absolute atomic E-state index is 0.135. The Morgan fingerprint density at radius 2 is 2.14 bits per heavy atom. The maximum Gasteiger partial charge on any atom is 0.246 e. The summed E-state index contributed by atoms with van der Waals surface area (Å²) in [6, 6.07) is 7.48. The van der Waals surface area contributed by atoms with Crippen LogP contribution >= 0.6 is 11.6 Å². The highest BCUT2D eigenvalue weighted by atomic mass is 35.5. The van der Waals surface area contributed by atoms with Crippen molar-refractivity contribution in [1.29, 1.82) is 0 Å². The Kier molecular flexibility index (Phi) is 3.72. The van der Waals surface area contributed by atoms with Gasteiger partial charge in [-0.15, -0.1) is 0 Å². The second kappa shape index (κ2) is 5.53. The van der Waals surface area contributed by atoms with Crippen LogP contribution in [0.15, 0.2) is 36.8 Å². The number of hydrogen-bond acceptors (Lipinski definition) is 2. The van der Waals surface area contributed by atoms with E-state index in [2.05, 4.69) is 18.8 Å². The highest BCUT2D eigenvalue weighted by molar-refractivity contribution is 6.31. The van der Waals surface area contributed by atoms with Gasteiger partial charge in [0.1, 0.15) is 6.04 Å². The van der Waals surface area contributed by atoms with Crippen molar-refractivity contribution < 1.29 is 4.79 Å². The third-order valence-electron chi connectivity index (χ3n) is 3.91. The number of hydrogen-bond donors (Lipinski definition) is 0. The van der Waals surface area contributed by atoms with Gasteiger partial charge in [-0.05, 0) is 17.5 Å². The number of imidazole rings is 1. The van der Waals surface area contributed by atoms with E-state index in [1.54, 1.807) is 6.33 Å². The Morgan fingerprint density at radius 3 is 2.86 bits per heavy atom. The van der Waals surface area contributed by atoms with Gasteiger partial charge in [0.2, 0.25) is 5.91 Å². The van der Waals surface area contributed by atoms with Gasteiger partial charge in [0, 0.05) is 17.8 Å². The first-order valence-corrected chi connectivity index (χ1v) is 7.48. The van der Waals surface area contributed by atoms with E-state index in [0.29, 0.717) is 18.1 Å². The van der Waals surface area contributed by atoms with Crippen LogP contribution in [0.1, 0.15) is 31.1 Å². The van der Waals surface area contributed by atoms with Gasteiger partial charge in [-0.25, -0.2) is 4.98 Å². The zero-order chi connectivity index (χ0) is 15.0. The number of fused-ring (bicyclic) bond motifs is 1. The lowest BCUT2D eigenvalue weighted by molar-refractivity contribution is -0.139. The smallest absolute Gasteiger partial charge is 0.246 e. The fourth-order valence-electron chi connectivity index (χ4n) is 2.86. The van der Waals surface area contributed by atoms with Gasteiger partial charge in [-0.3, -0.25) is 4.79 Å². The predicted octanol–water partition coefficient (Wildman–Crippen LogP) is 3.28. The maximum atomic E-state index is 12.8. The van der Waals surface area contributed by atoms with Crippen molar-refractivity contribution >= 4 is 17.5 Å². The monoisotopic (exact) mass is 303 g/mol. The number of amides is 1. The number of halogens is 1. The van der Waals surface area contributed by atoms with Gasteiger partial charge in [0.25, 0.3) is 0 Å². The lowest BCUT2D eigenvalue weighted by Gasteiger charge is -2.36. The van der Waals surface area contributed by atoms with Gasteiger partial charge in [0.05, 0.1) is 18.6 Å². The maximum absolute atomic E-state index is 12.8. The van der Waals surface area contributed by atoms with Crippen LogP contribution in [0.2, 0.25) is 5.02 Å². The first-order valence-electron chi connectivity index (χ1n) is 7.11.